The van der Waals surface area contributed by atoms with Crippen molar-refractivity contribution in [2.24, 2.45) is 5.92 Å². The van der Waals surface area contributed by atoms with Crippen LogP contribution in [0.25, 0.3) is 6.08 Å². The molecule has 1 atom stereocenters. The third-order valence-electron chi connectivity index (χ3n) is 5.23. The standard InChI is InChI=1S/C22H35N3O4/c1-7-19(24-21(27)29-22(3,4)5)18(20(26)28-6)12-16-13-25(14-23-16)17-10-8-15(2)9-11-17/h12-15,17,19H,7-11H2,1-6H3,(H,24,27). The van der Waals surface area contributed by atoms with E-state index >= 15 is 0 Å². The third kappa shape index (κ3) is 6.91. The first-order valence-electron chi connectivity index (χ1n) is 10.5. The smallest absolute Gasteiger partial charge is 0.408 e. The minimum Gasteiger partial charge on any atom is -0.466 e. The van der Waals surface area contributed by atoms with Gasteiger partial charge in [-0.1, -0.05) is 13.8 Å². The molecule has 1 unspecified atom stereocenters. The number of imidazole rings is 1. The number of methoxy groups -OCH3 is 1. The van der Waals surface area contributed by atoms with Crippen LogP contribution in [0.15, 0.2) is 18.1 Å². The molecule has 2 rings (SSSR count). The van der Waals surface area contributed by atoms with Gasteiger partial charge < -0.3 is 19.4 Å². The summed E-state index contributed by atoms with van der Waals surface area (Å²) in [5, 5.41) is 2.77. The third-order valence-corrected chi connectivity index (χ3v) is 5.23. The average molecular weight is 406 g/mol. The van der Waals surface area contributed by atoms with Gasteiger partial charge in [0.1, 0.15) is 5.60 Å². The van der Waals surface area contributed by atoms with E-state index in [0.29, 0.717) is 23.7 Å². The van der Waals surface area contributed by atoms with E-state index in [2.05, 4.69) is 21.8 Å². The van der Waals surface area contributed by atoms with Gasteiger partial charge in [-0.2, -0.15) is 0 Å². The maximum absolute atomic E-state index is 12.4. The highest BCUT2D eigenvalue weighted by molar-refractivity contribution is 5.95. The fourth-order valence-corrected chi connectivity index (χ4v) is 3.60. The number of carbonyl (C=O) groups excluding carboxylic acids is 2. The first-order chi connectivity index (χ1) is 13.6. The summed E-state index contributed by atoms with van der Waals surface area (Å²) >= 11 is 0. The van der Waals surface area contributed by atoms with Gasteiger partial charge in [0.2, 0.25) is 0 Å². The van der Waals surface area contributed by atoms with Crippen molar-refractivity contribution >= 4 is 18.1 Å². The Morgan fingerprint density at radius 1 is 1.31 bits per heavy atom. The summed E-state index contributed by atoms with van der Waals surface area (Å²) in [7, 11) is 1.33. The highest BCUT2D eigenvalue weighted by Gasteiger charge is 2.26. The van der Waals surface area contributed by atoms with Crippen LogP contribution in [0, 0.1) is 5.92 Å². The van der Waals surface area contributed by atoms with Crippen molar-refractivity contribution in [2.45, 2.75) is 84.4 Å². The number of rotatable bonds is 6. The lowest BCUT2D eigenvalue weighted by Gasteiger charge is -2.26. The molecule has 1 amide bonds. The zero-order valence-corrected chi connectivity index (χ0v) is 18.5. The van der Waals surface area contributed by atoms with Gasteiger partial charge in [0.25, 0.3) is 0 Å². The Morgan fingerprint density at radius 3 is 2.52 bits per heavy atom. The summed E-state index contributed by atoms with van der Waals surface area (Å²) in [5.41, 5.74) is 0.408. The van der Waals surface area contributed by atoms with Crippen molar-refractivity contribution in [3.05, 3.63) is 23.8 Å². The van der Waals surface area contributed by atoms with Crippen molar-refractivity contribution in [1.82, 2.24) is 14.9 Å². The van der Waals surface area contributed by atoms with Crippen LogP contribution in [-0.2, 0) is 14.3 Å². The molecule has 1 aromatic rings. The van der Waals surface area contributed by atoms with E-state index in [-0.39, 0.29) is 0 Å². The summed E-state index contributed by atoms with van der Waals surface area (Å²) in [6.07, 6.45) is 10.2. The van der Waals surface area contributed by atoms with Crippen LogP contribution in [-0.4, -0.2) is 40.4 Å². The van der Waals surface area contributed by atoms with Crippen LogP contribution in [0.1, 0.15) is 78.5 Å². The molecular weight excluding hydrogens is 370 g/mol. The quantitative estimate of drug-likeness (QED) is 0.557. The molecule has 7 nitrogen and oxygen atoms in total. The number of aromatic nitrogens is 2. The Bertz CT molecular complexity index is 725. The summed E-state index contributed by atoms with van der Waals surface area (Å²) in [4.78, 5) is 29.1. The Balaban J connectivity index is 2.19. The maximum Gasteiger partial charge on any atom is 0.408 e. The number of esters is 1. The van der Waals surface area contributed by atoms with E-state index in [1.54, 1.807) is 26.8 Å². The SMILES string of the molecule is CCC(NC(=O)OC(C)(C)C)C(=Cc1cn(C2CCC(C)CC2)cn1)C(=O)OC. The molecule has 0 aromatic carbocycles. The molecule has 0 saturated heterocycles. The molecule has 1 heterocycles. The average Bonchev–Trinajstić information content (AvgIpc) is 3.11. The Morgan fingerprint density at radius 2 is 1.97 bits per heavy atom. The molecule has 0 spiro atoms. The van der Waals surface area contributed by atoms with Crippen LogP contribution >= 0.6 is 0 Å². The van der Waals surface area contributed by atoms with E-state index in [1.165, 1.54) is 20.0 Å². The summed E-state index contributed by atoms with van der Waals surface area (Å²) < 4.78 is 12.4. The molecule has 0 bridgehead atoms. The van der Waals surface area contributed by atoms with Gasteiger partial charge in [-0.25, -0.2) is 14.6 Å². The van der Waals surface area contributed by atoms with Crippen molar-refractivity contribution in [1.29, 1.82) is 0 Å². The predicted molar refractivity (Wildman–Crippen MR) is 112 cm³/mol. The van der Waals surface area contributed by atoms with Gasteiger partial charge in [-0.15, -0.1) is 0 Å². The molecule has 1 aliphatic carbocycles. The van der Waals surface area contributed by atoms with Gasteiger partial charge in [-0.3, -0.25) is 0 Å². The minimum absolute atomic E-state index is 0.350. The van der Waals surface area contributed by atoms with Crippen molar-refractivity contribution in [3.63, 3.8) is 0 Å². The summed E-state index contributed by atoms with van der Waals surface area (Å²) in [6.45, 7) is 9.57. The Hall–Kier alpha value is -2.31. The zero-order chi connectivity index (χ0) is 21.6. The lowest BCUT2D eigenvalue weighted by Crippen LogP contribution is -2.41. The predicted octanol–water partition coefficient (Wildman–Crippen LogP) is 4.49. The van der Waals surface area contributed by atoms with Crippen molar-refractivity contribution in [3.8, 4) is 0 Å². The first kappa shape index (κ1) is 23.0. The highest BCUT2D eigenvalue weighted by Crippen LogP contribution is 2.32. The molecule has 1 aromatic heterocycles. The Kier molecular flexibility index (Phi) is 7.88. The second kappa shape index (κ2) is 9.94. The first-order valence-corrected chi connectivity index (χ1v) is 10.5. The van der Waals surface area contributed by atoms with Crippen LogP contribution in [0.2, 0.25) is 0 Å². The highest BCUT2D eigenvalue weighted by atomic mass is 16.6. The van der Waals surface area contributed by atoms with Gasteiger partial charge in [0.15, 0.2) is 0 Å². The molecule has 0 aliphatic heterocycles. The lowest BCUT2D eigenvalue weighted by atomic mass is 9.87. The molecule has 1 fully saturated rings. The van der Waals surface area contributed by atoms with Gasteiger partial charge in [0.05, 0.1) is 30.7 Å². The molecule has 7 heteroatoms. The lowest BCUT2D eigenvalue weighted by molar-refractivity contribution is -0.136. The van der Waals surface area contributed by atoms with Crippen LogP contribution in [0.5, 0.6) is 0 Å². The molecule has 162 valence electrons. The van der Waals surface area contributed by atoms with Gasteiger partial charge in [0, 0.05) is 12.2 Å². The number of nitrogens with zero attached hydrogens (tertiary/aromatic N) is 2. The van der Waals surface area contributed by atoms with E-state index < -0.39 is 23.7 Å². The van der Waals surface area contributed by atoms with Gasteiger partial charge in [-0.05, 0) is 64.9 Å². The van der Waals surface area contributed by atoms with E-state index in [4.69, 9.17) is 9.47 Å². The van der Waals surface area contributed by atoms with E-state index in [0.717, 1.165) is 18.8 Å². The fraction of sp³-hybridized carbons (Fsp3) is 0.682. The molecule has 29 heavy (non-hydrogen) atoms. The van der Waals surface area contributed by atoms with Crippen molar-refractivity contribution in [2.75, 3.05) is 7.11 Å². The fourth-order valence-electron chi connectivity index (χ4n) is 3.60. The largest absolute Gasteiger partial charge is 0.466 e. The molecule has 1 aliphatic rings. The van der Waals surface area contributed by atoms with Crippen LogP contribution in [0.4, 0.5) is 4.79 Å². The number of carbonyl (C=O) groups is 2. The normalized spacial score (nSPS) is 21.4. The zero-order valence-electron chi connectivity index (χ0n) is 18.5. The molecule has 1 saturated carbocycles. The van der Waals surface area contributed by atoms with Crippen LogP contribution < -0.4 is 5.32 Å². The second-order valence-electron chi connectivity index (χ2n) is 8.86. The number of nitrogens with one attached hydrogen (secondary N) is 1. The van der Waals surface area contributed by atoms with E-state index in [9.17, 15) is 9.59 Å². The van der Waals surface area contributed by atoms with Crippen molar-refractivity contribution < 1.29 is 19.1 Å². The number of alkyl carbamates (subject to hydrolysis) is 1. The van der Waals surface area contributed by atoms with Crippen LogP contribution in [0.3, 0.4) is 0 Å². The number of hydrogen-bond acceptors (Lipinski definition) is 5. The number of ether oxygens (including phenoxy) is 2. The second-order valence-corrected chi connectivity index (χ2v) is 8.86. The number of hydrogen-bond donors (Lipinski definition) is 1. The minimum atomic E-state index is -0.617. The van der Waals surface area contributed by atoms with Gasteiger partial charge >= 0.3 is 12.1 Å². The summed E-state index contributed by atoms with van der Waals surface area (Å²) in [5.74, 6) is 0.290. The molecule has 1 N–H and O–H groups in total. The molecular formula is C22H35N3O4. The van der Waals surface area contributed by atoms with E-state index in [1.807, 2.05) is 19.4 Å². The molecule has 0 radical (unpaired) electrons. The maximum atomic E-state index is 12.4. The summed E-state index contributed by atoms with van der Waals surface area (Å²) in [6, 6.07) is -0.0812. The monoisotopic (exact) mass is 405 g/mol. The Labute approximate surface area is 173 Å². The number of amides is 1. The topological polar surface area (TPSA) is 82.5 Å².